The third-order valence-electron chi connectivity index (χ3n) is 4.29. The van der Waals surface area contributed by atoms with Crippen LogP contribution in [0.25, 0.3) is 11.0 Å². The molecule has 0 atom stereocenters. The fraction of sp³-hybridized carbons (Fsp3) is 0.158. The first-order valence-corrected chi connectivity index (χ1v) is 8.47. The second-order valence-electron chi connectivity index (χ2n) is 6.10. The molecule has 0 saturated carbocycles. The number of ether oxygens (including phenoxy) is 1. The number of hydrogen-bond acceptors (Lipinski definition) is 6. The molecule has 0 spiro atoms. The lowest BCUT2D eigenvalue weighted by Gasteiger charge is -2.10. The van der Waals surface area contributed by atoms with Gasteiger partial charge in [0.25, 0.3) is 0 Å². The maximum atomic E-state index is 14.5. The van der Waals surface area contributed by atoms with Gasteiger partial charge >= 0.3 is 0 Å². The zero-order valence-electron chi connectivity index (χ0n) is 14.9. The highest BCUT2D eigenvalue weighted by molar-refractivity contribution is 5.78. The molecule has 0 saturated heterocycles. The highest BCUT2D eigenvalue weighted by Crippen LogP contribution is 2.21. The van der Waals surface area contributed by atoms with Crippen LogP contribution in [0, 0.1) is 11.8 Å². The molecule has 2 N–H and O–H groups in total. The SMILES string of the molecule is COc1ncc(F)cc1CNc1ccc(Cc2c[nH]c3ncncc23)c(F)n1. The van der Waals surface area contributed by atoms with Gasteiger partial charge in [-0.1, -0.05) is 6.07 Å². The van der Waals surface area contributed by atoms with Crippen molar-refractivity contribution in [2.24, 2.45) is 0 Å². The number of hydrogen-bond donors (Lipinski definition) is 2. The number of methoxy groups -OCH3 is 1. The summed E-state index contributed by atoms with van der Waals surface area (Å²) >= 11 is 0. The molecule has 0 radical (unpaired) electrons. The van der Waals surface area contributed by atoms with E-state index in [9.17, 15) is 8.78 Å². The van der Waals surface area contributed by atoms with Crippen LogP contribution in [0.2, 0.25) is 0 Å². The summed E-state index contributed by atoms with van der Waals surface area (Å²) in [6.07, 6.45) is 6.36. The minimum absolute atomic E-state index is 0.194. The van der Waals surface area contributed by atoms with Gasteiger partial charge in [-0.3, -0.25) is 0 Å². The average Bonchev–Trinajstić information content (AvgIpc) is 3.11. The molecule has 0 aliphatic heterocycles. The summed E-state index contributed by atoms with van der Waals surface area (Å²) in [5, 5.41) is 3.80. The molecule has 142 valence electrons. The molecule has 9 heteroatoms. The van der Waals surface area contributed by atoms with Crippen molar-refractivity contribution in [3.8, 4) is 5.88 Å². The second kappa shape index (κ2) is 7.55. The molecule has 0 amide bonds. The van der Waals surface area contributed by atoms with Gasteiger partial charge < -0.3 is 15.0 Å². The lowest BCUT2D eigenvalue weighted by molar-refractivity contribution is 0.391. The third-order valence-corrected chi connectivity index (χ3v) is 4.29. The maximum Gasteiger partial charge on any atom is 0.218 e. The summed E-state index contributed by atoms with van der Waals surface area (Å²) in [6.45, 7) is 0.194. The molecule has 4 aromatic heterocycles. The van der Waals surface area contributed by atoms with Crippen LogP contribution in [0.3, 0.4) is 0 Å². The number of rotatable bonds is 6. The highest BCUT2D eigenvalue weighted by atomic mass is 19.1. The number of nitrogens with zero attached hydrogens (tertiary/aromatic N) is 4. The number of fused-ring (bicyclic) bond motifs is 1. The first-order chi connectivity index (χ1) is 13.6. The number of H-pyrrole nitrogens is 1. The van der Waals surface area contributed by atoms with E-state index >= 15 is 0 Å². The van der Waals surface area contributed by atoms with Crippen LogP contribution in [0.5, 0.6) is 5.88 Å². The number of halogens is 2. The normalized spacial score (nSPS) is 11.0. The van der Waals surface area contributed by atoms with Gasteiger partial charge in [0, 0.05) is 41.9 Å². The van der Waals surface area contributed by atoms with E-state index in [-0.39, 0.29) is 6.54 Å². The molecule has 7 nitrogen and oxygen atoms in total. The van der Waals surface area contributed by atoms with Crippen molar-refractivity contribution in [2.45, 2.75) is 13.0 Å². The molecule has 0 fully saturated rings. The molecule has 4 aromatic rings. The lowest BCUT2D eigenvalue weighted by Crippen LogP contribution is -2.06. The van der Waals surface area contributed by atoms with Crippen LogP contribution >= 0.6 is 0 Å². The molecule has 0 aliphatic rings. The number of pyridine rings is 2. The van der Waals surface area contributed by atoms with E-state index in [1.54, 1.807) is 24.5 Å². The van der Waals surface area contributed by atoms with Crippen LogP contribution < -0.4 is 10.1 Å². The molecule has 4 heterocycles. The Morgan fingerprint density at radius 1 is 1.11 bits per heavy atom. The van der Waals surface area contributed by atoms with E-state index in [0.717, 1.165) is 17.1 Å². The summed E-state index contributed by atoms with van der Waals surface area (Å²) in [5.74, 6) is -0.433. The van der Waals surface area contributed by atoms with Crippen molar-refractivity contribution in [1.82, 2.24) is 24.9 Å². The van der Waals surface area contributed by atoms with Crippen LogP contribution in [0.1, 0.15) is 16.7 Å². The summed E-state index contributed by atoms with van der Waals surface area (Å²) < 4.78 is 33.0. The highest BCUT2D eigenvalue weighted by Gasteiger charge is 2.12. The minimum atomic E-state index is -0.583. The topological polar surface area (TPSA) is 88.6 Å². The largest absolute Gasteiger partial charge is 0.481 e. The van der Waals surface area contributed by atoms with Crippen molar-refractivity contribution in [3.05, 3.63) is 71.6 Å². The smallest absolute Gasteiger partial charge is 0.218 e. The summed E-state index contributed by atoms with van der Waals surface area (Å²) in [4.78, 5) is 19.0. The number of aromatic amines is 1. The van der Waals surface area contributed by atoms with Gasteiger partial charge in [-0.15, -0.1) is 0 Å². The fourth-order valence-electron chi connectivity index (χ4n) is 2.92. The number of nitrogens with one attached hydrogen (secondary N) is 2. The van der Waals surface area contributed by atoms with Crippen molar-refractivity contribution in [1.29, 1.82) is 0 Å². The Balaban J connectivity index is 1.50. The Labute approximate surface area is 158 Å². The summed E-state index contributed by atoms with van der Waals surface area (Å²) in [6, 6.07) is 4.64. The molecule has 0 bridgehead atoms. The summed E-state index contributed by atoms with van der Waals surface area (Å²) in [7, 11) is 1.45. The Morgan fingerprint density at radius 3 is 2.82 bits per heavy atom. The Hall–Kier alpha value is -3.62. The quantitative estimate of drug-likeness (QED) is 0.498. The molecule has 4 rings (SSSR count). The molecular formula is C19H16F2N6O. The molecule has 0 aliphatic carbocycles. The van der Waals surface area contributed by atoms with Crippen molar-refractivity contribution >= 4 is 16.9 Å². The fourth-order valence-corrected chi connectivity index (χ4v) is 2.92. The molecular weight excluding hydrogens is 366 g/mol. The van der Waals surface area contributed by atoms with Gasteiger partial charge in [0.1, 0.15) is 23.6 Å². The van der Waals surface area contributed by atoms with E-state index < -0.39 is 11.8 Å². The Kier molecular flexibility index (Phi) is 4.79. The molecule has 0 aromatic carbocycles. The zero-order valence-corrected chi connectivity index (χ0v) is 14.9. The zero-order chi connectivity index (χ0) is 19.5. The van der Waals surface area contributed by atoms with Gasteiger partial charge in [-0.05, 0) is 17.7 Å². The predicted molar refractivity (Wildman–Crippen MR) is 99.0 cm³/mol. The molecule has 0 unspecified atom stereocenters. The van der Waals surface area contributed by atoms with Gasteiger partial charge in [0.05, 0.1) is 13.3 Å². The third kappa shape index (κ3) is 3.59. The number of anilines is 1. The first-order valence-electron chi connectivity index (χ1n) is 8.47. The Morgan fingerprint density at radius 2 is 2.00 bits per heavy atom. The average molecular weight is 382 g/mol. The Bertz CT molecular complexity index is 1130. The van der Waals surface area contributed by atoms with Gasteiger partial charge in [0.2, 0.25) is 11.8 Å². The second-order valence-corrected chi connectivity index (χ2v) is 6.10. The maximum absolute atomic E-state index is 14.5. The van der Waals surface area contributed by atoms with Gasteiger partial charge in [-0.25, -0.2) is 24.3 Å². The van der Waals surface area contributed by atoms with Crippen molar-refractivity contribution in [3.63, 3.8) is 0 Å². The predicted octanol–water partition coefficient (Wildman–Crippen LogP) is 3.24. The van der Waals surface area contributed by atoms with Crippen LogP contribution in [0.4, 0.5) is 14.6 Å². The van der Waals surface area contributed by atoms with E-state index in [0.29, 0.717) is 34.9 Å². The first kappa shape index (κ1) is 17.8. The molecule has 28 heavy (non-hydrogen) atoms. The lowest BCUT2D eigenvalue weighted by atomic mass is 10.1. The van der Waals surface area contributed by atoms with Gasteiger partial charge in [-0.2, -0.15) is 4.39 Å². The van der Waals surface area contributed by atoms with E-state index in [2.05, 4.69) is 30.2 Å². The van der Waals surface area contributed by atoms with E-state index in [4.69, 9.17) is 4.74 Å². The van der Waals surface area contributed by atoms with Crippen LogP contribution in [0.15, 0.2) is 43.1 Å². The van der Waals surface area contributed by atoms with Crippen molar-refractivity contribution in [2.75, 3.05) is 12.4 Å². The van der Waals surface area contributed by atoms with Crippen LogP contribution in [-0.2, 0) is 13.0 Å². The number of aromatic nitrogens is 5. The van der Waals surface area contributed by atoms with Gasteiger partial charge in [0.15, 0.2) is 0 Å². The van der Waals surface area contributed by atoms with Crippen LogP contribution in [-0.4, -0.2) is 32.0 Å². The minimum Gasteiger partial charge on any atom is -0.481 e. The standard InChI is InChI=1S/C19H16F2N6O/c1-28-19-13(5-14(20)8-25-19)7-23-16-3-2-11(17(21)27-16)4-12-6-24-18-15(12)9-22-10-26-18/h2-3,5-6,8-10H,4,7H2,1H3,(H,23,27)(H,22,24,26). The van der Waals surface area contributed by atoms with E-state index in [1.165, 1.54) is 19.5 Å². The monoisotopic (exact) mass is 382 g/mol. The van der Waals surface area contributed by atoms with E-state index in [1.807, 2.05) is 0 Å². The summed E-state index contributed by atoms with van der Waals surface area (Å²) in [5.41, 5.74) is 2.54. The van der Waals surface area contributed by atoms with Crippen molar-refractivity contribution < 1.29 is 13.5 Å².